The van der Waals surface area contributed by atoms with E-state index in [1.807, 2.05) is 13.8 Å². The Labute approximate surface area is 126 Å². The van der Waals surface area contributed by atoms with Crippen LogP contribution in [0.4, 0.5) is 4.79 Å². The summed E-state index contributed by atoms with van der Waals surface area (Å²) in [6.07, 6.45) is -1.41. The minimum absolute atomic E-state index is 0.0980. The first-order valence-corrected chi connectivity index (χ1v) is 6.92. The van der Waals surface area contributed by atoms with Crippen molar-refractivity contribution < 1.29 is 24.2 Å². The van der Waals surface area contributed by atoms with E-state index in [0.717, 1.165) is 0 Å². The third-order valence-corrected chi connectivity index (χ3v) is 2.61. The van der Waals surface area contributed by atoms with Crippen molar-refractivity contribution in [3.63, 3.8) is 0 Å². The van der Waals surface area contributed by atoms with Crippen LogP contribution in [0.15, 0.2) is 12.2 Å². The number of nitrogens with one attached hydrogen (secondary N) is 1. The Morgan fingerprint density at radius 3 is 2.19 bits per heavy atom. The maximum Gasteiger partial charge on any atom is 0.407 e. The number of esters is 1. The number of hydrogen-bond donors (Lipinski definition) is 2. The number of amides is 1. The van der Waals surface area contributed by atoms with Crippen LogP contribution in [0.25, 0.3) is 0 Å². The number of carbonyl (C=O) groups excluding carboxylic acids is 2. The second-order valence-electron chi connectivity index (χ2n) is 6.34. The van der Waals surface area contributed by atoms with Gasteiger partial charge < -0.3 is 19.9 Å². The molecule has 0 saturated carbocycles. The first-order valence-electron chi connectivity index (χ1n) is 6.92. The average Bonchev–Trinajstić information content (AvgIpc) is 2.32. The predicted octanol–water partition coefficient (Wildman–Crippen LogP) is 2.02. The van der Waals surface area contributed by atoms with Crippen LogP contribution in [0.3, 0.4) is 0 Å². The third-order valence-electron chi connectivity index (χ3n) is 2.61. The SMILES string of the molecule is C=C(C(=O)OC)C(O)C(CC(C)C)NC(=O)OC(C)(C)C. The number of rotatable bonds is 6. The maximum absolute atomic E-state index is 11.8. The van der Waals surface area contributed by atoms with E-state index in [1.54, 1.807) is 20.8 Å². The Morgan fingerprint density at radius 2 is 1.81 bits per heavy atom. The summed E-state index contributed by atoms with van der Waals surface area (Å²) in [5, 5.41) is 12.8. The van der Waals surface area contributed by atoms with Gasteiger partial charge in [-0.2, -0.15) is 0 Å². The summed E-state index contributed by atoms with van der Waals surface area (Å²) in [6.45, 7) is 12.6. The molecule has 0 aliphatic carbocycles. The number of aliphatic hydroxyl groups excluding tert-OH is 1. The van der Waals surface area contributed by atoms with Crippen molar-refractivity contribution in [2.45, 2.75) is 58.8 Å². The highest BCUT2D eigenvalue weighted by Gasteiger charge is 2.29. The smallest absolute Gasteiger partial charge is 0.407 e. The highest BCUT2D eigenvalue weighted by Crippen LogP contribution is 2.16. The number of methoxy groups -OCH3 is 1. The number of hydrogen-bond acceptors (Lipinski definition) is 5. The van der Waals surface area contributed by atoms with E-state index in [-0.39, 0.29) is 11.5 Å². The largest absolute Gasteiger partial charge is 0.466 e. The van der Waals surface area contributed by atoms with Crippen molar-refractivity contribution in [1.82, 2.24) is 5.32 Å². The topological polar surface area (TPSA) is 84.9 Å². The lowest BCUT2D eigenvalue weighted by Gasteiger charge is -2.28. The van der Waals surface area contributed by atoms with E-state index in [1.165, 1.54) is 7.11 Å². The molecule has 0 aromatic heterocycles. The zero-order chi connectivity index (χ0) is 16.8. The van der Waals surface area contributed by atoms with E-state index in [4.69, 9.17) is 4.74 Å². The Bertz CT molecular complexity index is 384. The van der Waals surface area contributed by atoms with Crippen LogP contribution in [0, 0.1) is 5.92 Å². The highest BCUT2D eigenvalue weighted by molar-refractivity contribution is 5.89. The second-order valence-corrected chi connectivity index (χ2v) is 6.34. The van der Waals surface area contributed by atoms with Gasteiger partial charge in [0.2, 0.25) is 0 Å². The van der Waals surface area contributed by atoms with Crippen LogP contribution >= 0.6 is 0 Å². The van der Waals surface area contributed by atoms with E-state index in [2.05, 4.69) is 16.6 Å². The highest BCUT2D eigenvalue weighted by atomic mass is 16.6. The van der Waals surface area contributed by atoms with Gasteiger partial charge in [0.15, 0.2) is 0 Å². The van der Waals surface area contributed by atoms with Crippen molar-refractivity contribution >= 4 is 12.1 Å². The van der Waals surface area contributed by atoms with Gasteiger partial charge in [-0.3, -0.25) is 0 Å². The molecule has 122 valence electrons. The van der Waals surface area contributed by atoms with E-state index >= 15 is 0 Å². The van der Waals surface area contributed by atoms with Crippen LogP contribution in [-0.4, -0.2) is 42.0 Å². The summed E-state index contributed by atoms with van der Waals surface area (Å²) in [6, 6.07) is -0.675. The molecule has 0 aromatic carbocycles. The fourth-order valence-electron chi connectivity index (χ4n) is 1.73. The predicted molar refractivity (Wildman–Crippen MR) is 79.8 cm³/mol. The molecule has 0 bridgehead atoms. The van der Waals surface area contributed by atoms with E-state index in [9.17, 15) is 14.7 Å². The zero-order valence-electron chi connectivity index (χ0n) is 13.7. The fraction of sp³-hybridized carbons (Fsp3) is 0.733. The van der Waals surface area contributed by atoms with E-state index < -0.39 is 29.8 Å². The van der Waals surface area contributed by atoms with Gasteiger partial charge in [-0.25, -0.2) is 9.59 Å². The Kier molecular flexibility index (Phi) is 7.43. The minimum atomic E-state index is -1.23. The quantitative estimate of drug-likeness (QED) is 0.579. The van der Waals surface area contributed by atoms with Crippen molar-refractivity contribution in [1.29, 1.82) is 0 Å². The Balaban J connectivity index is 4.91. The van der Waals surface area contributed by atoms with Crippen LogP contribution in [0.5, 0.6) is 0 Å². The molecule has 0 heterocycles. The molecule has 0 aromatic rings. The van der Waals surface area contributed by atoms with Crippen LogP contribution in [-0.2, 0) is 14.3 Å². The molecule has 2 unspecified atom stereocenters. The molecule has 0 fully saturated rings. The van der Waals surface area contributed by atoms with Crippen molar-refractivity contribution in [2.75, 3.05) is 7.11 Å². The van der Waals surface area contributed by atoms with Gasteiger partial charge in [-0.15, -0.1) is 0 Å². The molecule has 2 atom stereocenters. The number of ether oxygens (including phenoxy) is 2. The summed E-state index contributed by atoms with van der Waals surface area (Å²) in [7, 11) is 1.21. The summed E-state index contributed by atoms with van der Waals surface area (Å²) in [5.74, 6) is -0.507. The molecule has 0 rings (SSSR count). The van der Waals surface area contributed by atoms with Crippen LogP contribution in [0.2, 0.25) is 0 Å². The zero-order valence-corrected chi connectivity index (χ0v) is 13.7. The number of alkyl carbamates (subject to hydrolysis) is 1. The third kappa shape index (κ3) is 7.70. The minimum Gasteiger partial charge on any atom is -0.466 e. The van der Waals surface area contributed by atoms with Gasteiger partial charge in [0.1, 0.15) is 11.7 Å². The molecule has 6 nitrogen and oxygen atoms in total. The molecule has 0 aliphatic rings. The normalized spacial score (nSPS) is 14.3. The van der Waals surface area contributed by atoms with Gasteiger partial charge in [0, 0.05) is 0 Å². The van der Waals surface area contributed by atoms with Crippen LogP contribution in [0.1, 0.15) is 41.0 Å². The molecule has 21 heavy (non-hydrogen) atoms. The average molecular weight is 301 g/mol. The lowest BCUT2D eigenvalue weighted by Crippen LogP contribution is -2.47. The summed E-state index contributed by atoms with van der Waals surface area (Å²) in [4.78, 5) is 23.3. The monoisotopic (exact) mass is 301 g/mol. The molecular weight excluding hydrogens is 274 g/mol. The van der Waals surface area contributed by atoms with Gasteiger partial charge in [-0.05, 0) is 33.1 Å². The van der Waals surface area contributed by atoms with Gasteiger partial charge in [0.25, 0.3) is 0 Å². The maximum atomic E-state index is 11.8. The van der Waals surface area contributed by atoms with Crippen molar-refractivity contribution in [3.8, 4) is 0 Å². The lowest BCUT2D eigenvalue weighted by molar-refractivity contribution is -0.137. The van der Waals surface area contributed by atoms with Crippen LogP contribution < -0.4 is 5.32 Å². The standard InChI is InChI=1S/C15H27NO5/c1-9(2)8-11(12(17)10(3)13(18)20-7)16-14(19)21-15(4,5)6/h9,11-12,17H,3,8H2,1-2,4-7H3,(H,16,19). The molecule has 1 amide bonds. The lowest BCUT2D eigenvalue weighted by atomic mass is 9.95. The van der Waals surface area contributed by atoms with Crippen molar-refractivity contribution in [2.24, 2.45) is 5.92 Å². The molecule has 6 heteroatoms. The summed E-state index contributed by atoms with van der Waals surface area (Å²) in [5.41, 5.74) is -0.740. The molecule has 0 spiro atoms. The molecular formula is C15H27NO5. The van der Waals surface area contributed by atoms with Gasteiger partial charge in [0.05, 0.1) is 18.7 Å². The summed E-state index contributed by atoms with van der Waals surface area (Å²) < 4.78 is 9.69. The molecule has 0 aliphatic heterocycles. The molecule has 0 radical (unpaired) electrons. The van der Waals surface area contributed by atoms with E-state index in [0.29, 0.717) is 6.42 Å². The summed E-state index contributed by atoms with van der Waals surface area (Å²) >= 11 is 0. The first-order chi connectivity index (χ1) is 9.47. The Hall–Kier alpha value is -1.56. The Morgan fingerprint density at radius 1 is 1.29 bits per heavy atom. The van der Waals surface area contributed by atoms with Crippen molar-refractivity contribution in [3.05, 3.63) is 12.2 Å². The number of aliphatic hydroxyl groups is 1. The fourth-order valence-corrected chi connectivity index (χ4v) is 1.73. The second kappa shape index (κ2) is 8.02. The molecule has 2 N–H and O–H groups in total. The van der Waals surface area contributed by atoms with Gasteiger partial charge in [-0.1, -0.05) is 20.4 Å². The first kappa shape index (κ1) is 19.4. The van der Waals surface area contributed by atoms with Gasteiger partial charge >= 0.3 is 12.1 Å². The number of carbonyl (C=O) groups is 2. The molecule has 0 saturated heterocycles.